The zero-order chi connectivity index (χ0) is 15.7. The van der Waals surface area contributed by atoms with E-state index in [-0.39, 0.29) is 5.41 Å². The van der Waals surface area contributed by atoms with Crippen LogP contribution >= 0.6 is 0 Å². The van der Waals surface area contributed by atoms with Gasteiger partial charge in [0, 0.05) is 6.54 Å². The SMILES string of the molecule is CC(C)(C)c1ccc(CN2CCCCC2(C)C(=O)O)cc1. The van der Waals surface area contributed by atoms with Gasteiger partial charge in [-0.05, 0) is 49.3 Å². The van der Waals surface area contributed by atoms with Crippen LogP contribution in [-0.4, -0.2) is 28.1 Å². The Morgan fingerprint density at radius 3 is 2.38 bits per heavy atom. The molecule has 1 aliphatic rings. The van der Waals surface area contributed by atoms with Crippen LogP contribution in [0.1, 0.15) is 58.1 Å². The summed E-state index contributed by atoms with van der Waals surface area (Å²) in [6, 6.07) is 8.60. The summed E-state index contributed by atoms with van der Waals surface area (Å²) in [4.78, 5) is 13.7. The quantitative estimate of drug-likeness (QED) is 0.919. The number of hydrogen-bond donors (Lipinski definition) is 1. The van der Waals surface area contributed by atoms with Crippen molar-refractivity contribution in [3.05, 3.63) is 35.4 Å². The summed E-state index contributed by atoms with van der Waals surface area (Å²) in [5.74, 6) is -0.700. The van der Waals surface area contributed by atoms with Gasteiger partial charge in [0.25, 0.3) is 0 Å². The molecule has 2 rings (SSSR count). The fourth-order valence-electron chi connectivity index (χ4n) is 3.00. The second-order valence-electron chi connectivity index (χ2n) is 7.40. The Labute approximate surface area is 128 Å². The van der Waals surface area contributed by atoms with Gasteiger partial charge in [0.1, 0.15) is 5.54 Å². The van der Waals surface area contributed by atoms with Crippen LogP contribution in [0.2, 0.25) is 0 Å². The molecule has 116 valence electrons. The average molecular weight is 289 g/mol. The van der Waals surface area contributed by atoms with Crippen molar-refractivity contribution in [1.82, 2.24) is 4.90 Å². The Kier molecular flexibility index (Phi) is 4.43. The van der Waals surface area contributed by atoms with Crippen molar-refractivity contribution in [3.63, 3.8) is 0 Å². The van der Waals surface area contributed by atoms with Crippen molar-refractivity contribution < 1.29 is 9.90 Å². The van der Waals surface area contributed by atoms with Crippen LogP contribution in [0.4, 0.5) is 0 Å². The first-order valence-corrected chi connectivity index (χ1v) is 7.81. The Hall–Kier alpha value is -1.35. The third kappa shape index (κ3) is 3.46. The number of likely N-dealkylation sites (tertiary alicyclic amines) is 1. The normalized spacial score (nSPS) is 24.0. The highest BCUT2D eigenvalue weighted by molar-refractivity contribution is 5.78. The van der Waals surface area contributed by atoms with Crippen LogP contribution < -0.4 is 0 Å². The molecule has 3 nitrogen and oxygen atoms in total. The van der Waals surface area contributed by atoms with Crippen LogP contribution in [0.15, 0.2) is 24.3 Å². The molecule has 21 heavy (non-hydrogen) atoms. The summed E-state index contributed by atoms with van der Waals surface area (Å²) < 4.78 is 0. The summed E-state index contributed by atoms with van der Waals surface area (Å²) in [5.41, 5.74) is 1.93. The summed E-state index contributed by atoms with van der Waals surface area (Å²) >= 11 is 0. The van der Waals surface area contributed by atoms with E-state index in [9.17, 15) is 9.90 Å². The molecule has 0 aromatic heterocycles. The zero-order valence-electron chi connectivity index (χ0n) is 13.6. The van der Waals surface area contributed by atoms with Crippen molar-refractivity contribution in [3.8, 4) is 0 Å². The molecule has 0 saturated carbocycles. The number of carboxylic acids is 1. The fourth-order valence-corrected chi connectivity index (χ4v) is 3.00. The number of benzene rings is 1. The maximum atomic E-state index is 11.6. The molecule has 1 unspecified atom stereocenters. The molecule has 0 amide bonds. The van der Waals surface area contributed by atoms with Gasteiger partial charge < -0.3 is 5.11 Å². The predicted molar refractivity (Wildman–Crippen MR) is 85.4 cm³/mol. The molecule has 1 fully saturated rings. The highest BCUT2D eigenvalue weighted by Crippen LogP contribution is 2.30. The molecular weight excluding hydrogens is 262 g/mol. The van der Waals surface area contributed by atoms with E-state index in [1.54, 1.807) is 0 Å². The first-order chi connectivity index (χ1) is 9.73. The average Bonchev–Trinajstić information content (AvgIpc) is 2.41. The van der Waals surface area contributed by atoms with Crippen molar-refractivity contribution in [1.29, 1.82) is 0 Å². The maximum absolute atomic E-state index is 11.6. The van der Waals surface area contributed by atoms with E-state index >= 15 is 0 Å². The lowest BCUT2D eigenvalue weighted by atomic mass is 9.86. The van der Waals surface area contributed by atoms with Gasteiger partial charge in [-0.1, -0.05) is 45.0 Å². The van der Waals surface area contributed by atoms with E-state index in [1.165, 1.54) is 11.1 Å². The second-order valence-corrected chi connectivity index (χ2v) is 7.40. The first kappa shape index (κ1) is 16.0. The monoisotopic (exact) mass is 289 g/mol. The van der Waals surface area contributed by atoms with Crippen molar-refractivity contribution in [2.75, 3.05) is 6.54 Å². The van der Waals surface area contributed by atoms with Gasteiger partial charge in [0.2, 0.25) is 0 Å². The zero-order valence-corrected chi connectivity index (χ0v) is 13.6. The van der Waals surface area contributed by atoms with Gasteiger partial charge in [-0.25, -0.2) is 0 Å². The van der Waals surface area contributed by atoms with Crippen LogP contribution in [0.25, 0.3) is 0 Å². The van der Waals surface area contributed by atoms with Crippen LogP contribution in [0.5, 0.6) is 0 Å². The lowest BCUT2D eigenvalue weighted by Gasteiger charge is -2.41. The Morgan fingerprint density at radius 1 is 1.24 bits per heavy atom. The summed E-state index contributed by atoms with van der Waals surface area (Å²) in [6.07, 6.45) is 2.83. The summed E-state index contributed by atoms with van der Waals surface area (Å²) in [5, 5.41) is 9.56. The number of hydrogen-bond acceptors (Lipinski definition) is 2. The lowest BCUT2D eigenvalue weighted by Crippen LogP contribution is -2.54. The predicted octanol–water partition coefficient (Wildman–Crippen LogP) is 3.81. The van der Waals surface area contributed by atoms with Crippen LogP contribution in [0.3, 0.4) is 0 Å². The molecule has 0 radical (unpaired) electrons. The molecule has 1 N–H and O–H groups in total. The molecule has 1 heterocycles. The standard InChI is InChI=1S/C18H27NO2/c1-17(2,3)15-9-7-14(8-10-15)13-19-12-6-5-11-18(19,4)16(20)21/h7-10H,5-6,11-13H2,1-4H3,(H,20,21). The molecular formula is C18H27NO2. The molecule has 1 aromatic rings. The molecule has 1 aromatic carbocycles. The van der Waals surface area contributed by atoms with Gasteiger partial charge in [0.15, 0.2) is 0 Å². The second kappa shape index (κ2) is 5.80. The number of piperidine rings is 1. The minimum atomic E-state index is -0.721. The van der Waals surface area contributed by atoms with E-state index in [0.29, 0.717) is 6.54 Å². The number of carbonyl (C=O) groups is 1. The molecule has 1 aliphatic heterocycles. The van der Waals surface area contributed by atoms with Crippen LogP contribution in [0, 0.1) is 0 Å². The highest BCUT2D eigenvalue weighted by Gasteiger charge is 2.41. The number of aliphatic carboxylic acids is 1. The minimum absolute atomic E-state index is 0.152. The Bertz CT molecular complexity index is 501. The van der Waals surface area contributed by atoms with Crippen LogP contribution in [-0.2, 0) is 16.8 Å². The van der Waals surface area contributed by atoms with E-state index in [2.05, 4.69) is 49.9 Å². The topological polar surface area (TPSA) is 40.5 Å². The third-order valence-electron chi connectivity index (χ3n) is 4.69. The maximum Gasteiger partial charge on any atom is 0.323 e. The van der Waals surface area contributed by atoms with E-state index < -0.39 is 11.5 Å². The number of rotatable bonds is 3. The van der Waals surface area contributed by atoms with Gasteiger partial charge in [-0.15, -0.1) is 0 Å². The van der Waals surface area contributed by atoms with E-state index in [4.69, 9.17) is 0 Å². The molecule has 0 aliphatic carbocycles. The summed E-state index contributed by atoms with van der Waals surface area (Å²) in [7, 11) is 0. The Morgan fingerprint density at radius 2 is 1.86 bits per heavy atom. The lowest BCUT2D eigenvalue weighted by molar-refractivity contribution is -0.153. The molecule has 1 saturated heterocycles. The van der Waals surface area contributed by atoms with Gasteiger partial charge in [-0.2, -0.15) is 0 Å². The highest BCUT2D eigenvalue weighted by atomic mass is 16.4. The molecule has 0 bridgehead atoms. The van der Waals surface area contributed by atoms with E-state index in [0.717, 1.165) is 25.8 Å². The third-order valence-corrected chi connectivity index (χ3v) is 4.69. The largest absolute Gasteiger partial charge is 0.480 e. The van der Waals surface area contributed by atoms with Crippen molar-refractivity contribution in [2.24, 2.45) is 0 Å². The summed E-state index contributed by atoms with van der Waals surface area (Å²) in [6.45, 7) is 10.0. The van der Waals surface area contributed by atoms with Gasteiger partial charge in [-0.3, -0.25) is 9.69 Å². The van der Waals surface area contributed by atoms with E-state index in [1.807, 2.05) is 6.92 Å². The number of nitrogens with zero attached hydrogens (tertiary/aromatic N) is 1. The smallest absolute Gasteiger partial charge is 0.323 e. The first-order valence-electron chi connectivity index (χ1n) is 7.81. The molecule has 3 heteroatoms. The van der Waals surface area contributed by atoms with Gasteiger partial charge in [0.05, 0.1) is 0 Å². The number of carboxylic acid groups (broad SMARTS) is 1. The fraction of sp³-hybridized carbons (Fsp3) is 0.611. The van der Waals surface area contributed by atoms with Crippen molar-refractivity contribution in [2.45, 2.75) is 64.5 Å². The van der Waals surface area contributed by atoms with Gasteiger partial charge >= 0.3 is 5.97 Å². The molecule has 1 atom stereocenters. The Balaban J connectivity index is 2.15. The van der Waals surface area contributed by atoms with Crippen molar-refractivity contribution >= 4 is 5.97 Å². The minimum Gasteiger partial charge on any atom is -0.480 e. The molecule has 0 spiro atoms.